The molecule has 28 heavy (non-hydrogen) atoms. The van der Waals surface area contributed by atoms with Gasteiger partial charge in [-0.2, -0.15) is 0 Å². The highest BCUT2D eigenvalue weighted by Crippen LogP contribution is 2.19. The first-order valence-electron chi connectivity index (χ1n) is 8.97. The maximum Gasteiger partial charge on any atom is 0.289 e. The number of benzene rings is 1. The summed E-state index contributed by atoms with van der Waals surface area (Å²) in [7, 11) is 0. The highest BCUT2D eigenvalue weighted by molar-refractivity contribution is 6.30. The Morgan fingerprint density at radius 2 is 1.75 bits per heavy atom. The van der Waals surface area contributed by atoms with E-state index in [1.807, 2.05) is 0 Å². The predicted octanol–water partition coefficient (Wildman–Crippen LogP) is 3.26. The minimum absolute atomic E-state index is 0.119. The molecule has 1 aliphatic heterocycles. The molecule has 1 fully saturated rings. The Hall–Kier alpha value is -3.06. The molecule has 1 aliphatic rings. The first-order valence-corrected chi connectivity index (χ1v) is 9.35. The highest BCUT2D eigenvalue weighted by Gasteiger charge is 2.25. The molecule has 3 aromatic rings. The summed E-state index contributed by atoms with van der Waals surface area (Å²) < 4.78 is 11.3. The molecule has 0 saturated carbocycles. The van der Waals surface area contributed by atoms with E-state index in [-0.39, 0.29) is 12.5 Å². The van der Waals surface area contributed by atoms with E-state index in [0.29, 0.717) is 54.4 Å². The number of anilines is 1. The third-order valence-corrected chi connectivity index (χ3v) is 4.72. The van der Waals surface area contributed by atoms with Crippen molar-refractivity contribution in [2.45, 2.75) is 6.61 Å². The van der Waals surface area contributed by atoms with Gasteiger partial charge in [-0.3, -0.25) is 4.79 Å². The number of carbonyl (C=O) groups excluding carboxylic acids is 1. The highest BCUT2D eigenvalue weighted by atomic mass is 35.5. The summed E-state index contributed by atoms with van der Waals surface area (Å²) in [4.78, 5) is 25.1. The second-order valence-electron chi connectivity index (χ2n) is 6.34. The van der Waals surface area contributed by atoms with Crippen molar-refractivity contribution in [1.29, 1.82) is 0 Å². The number of furan rings is 1. The van der Waals surface area contributed by atoms with Crippen molar-refractivity contribution >= 4 is 23.5 Å². The van der Waals surface area contributed by atoms with Crippen molar-refractivity contribution in [3.8, 4) is 5.75 Å². The monoisotopic (exact) mass is 398 g/mol. The van der Waals surface area contributed by atoms with Crippen LogP contribution in [0.25, 0.3) is 0 Å². The molecule has 3 heterocycles. The van der Waals surface area contributed by atoms with Crippen LogP contribution in [-0.4, -0.2) is 47.0 Å². The van der Waals surface area contributed by atoms with E-state index in [9.17, 15) is 4.79 Å². The van der Waals surface area contributed by atoms with Crippen LogP contribution in [0.3, 0.4) is 0 Å². The number of rotatable bonds is 5. The normalized spacial score (nSPS) is 14.2. The number of nitrogens with zero attached hydrogens (tertiary/aromatic N) is 4. The lowest BCUT2D eigenvalue weighted by atomic mass is 10.3. The second-order valence-corrected chi connectivity index (χ2v) is 6.77. The van der Waals surface area contributed by atoms with Crippen LogP contribution in [0.4, 0.5) is 5.95 Å². The molecule has 1 amide bonds. The molecule has 0 bridgehead atoms. The number of ether oxygens (including phenoxy) is 1. The fourth-order valence-electron chi connectivity index (χ4n) is 2.98. The SMILES string of the molecule is O=C(c1ccc(COc2ccc(Cl)cc2)o1)N1CCN(c2ncccn2)CC1. The minimum Gasteiger partial charge on any atom is -0.486 e. The lowest BCUT2D eigenvalue weighted by Gasteiger charge is -2.34. The molecule has 0 N–H and O–H groups in total. The van der Waals surface area contributed by atoms with E-state index in [0.717, 1.165) is 0 Å². The van der Waals surface area contributed by atoms with Crippen LogP contribution in [0.5, 0.6) is 5.75 Å². The third kappa shape index (κ3) is 4.26. The number of carbonyl (C=O) groups is 1. The van der Waals surface area contributed by atoms with Gasteiger partial charge in [-0.1, -0.05) is 11.6 Å². The molecule has 1 saturated heterocycles. The van der Waals surface area contributed by atoms with Gasteiger partial charge in [0.2, 0.25) is 5.95 Å². The van der Waals surface area contributed by atoms with E-state index in [4.69, 9.17) is 20.8 Å². The molecule has 4 rings (SSSR count). The molecule has 0 atom stereocenters. The van der Waals surface area contributed by atoms with Gasteiger partial charge in [0, 0.05) is 43.6 Å². The molecule has 144 valence electrons. The van der Waals surface area contributed by atoms with Crippen molar-refractivity contribution < 1.29 is 13.9 Å². The standard InChI is InChI=1S/C20H19ClN4O3/c21-15-2-4-16(5-3-15)27-14-17-6-7-18(28-17)19(26)24-10-12-25(13-11-24)20-22-8-1-9-23-20/h1-9H,10-14H2. The summed E-state index contributed by atoms with van der Waals surface area (Å²) in [6.07, 6.45) is 3.44. The number of amides is 1. The lowest BCUT2D eigenvalue weighted by Crippen LogP contribution is -2.49. The van der Waals surface area contributed by atoms with Crippen LogP contribution in [0, 0.1) is 0 Å². The van der Waals surface area contributed by atoms with Gasteiger partial charge in [-0.05, 0) is 42.5 Å². The van der Waals surface area contributed by atoms with Gasteiger partial charge in [0.25, 0.3) is 5.91 Å². The molecule has 1 aromatic carbocycles. The zero-order chi connectivity index (χ0) is 19.3. The topological polar surface area (TPSA) is 71.7 Å². The van der Waals surface area contributed by atoms with E-state index in [1.54, 1.807) is 59.8 Å². The molecule has 0 unspecified atom stereocenters. The predicted molar refractivity (Wildman–Crippen MR) is 105 cm³/mol. The van der Waals surface area contributed by atoms with Crippen LogP contribution in [0.2, 0.25) is 5.02 Å². The summed E-state index contributed by atoms with van der Waals surface area (Å²) in [5, 5.41) is 0.650. The lowest BCUT2D eigenvalue weighted by molar-refractivity contribution is 0.0710. The zero-order valence-electron chi connectivity index (χ0n) is 15.1. The maximum absolute atomic E-state index is 12.7. The fraction of sp³-hybridized carbons (Fsp3) is 0.250. The van der Waals surface area contributed by atoms with E-state index in [2.05, 4.69) is 14.9 Å². The van der Waals surface area contributed by atoms with E-state index in [1.165, 1.54) is 0 Å². The van der Waals surface area contributed by atoms with Gasteiger partial charge in [-0.25, -0.2) is 9.97 Å². The van der Waals surface area contributed by atoms with Gasteiger partial charge >= 0.3 is 0 Å². The number of hydrogen-bond donors (Lipinski definition) is 0. The number of piperazine rings is 1. The van der Waals surface area contributed by atoms with Crippen molar-refractivity contribution in [3.63, 3.8) is 0 Å². The molecule has 7 nitrogen and oxygen atoms in total. The van der Waals surface area contributed by atoms with Crippen molar-refractivity contribution in [2.24, 2.45) is 0 Å². The Morgan fingerprint density at radius 1 is 1.04 bits per heavy atom. The summed E-state index contributed by atoms with van der Waals surface area (Å²) in [6, 6.07) is 12.3. The van der Waals surface area contributed by atoms with E-state index >= 15 is 0 Å². The van der Waals surface area contributed by atoms with Crippen LogP contribution in [0.1, 0.15) is 16.3 Å². The first-order chi connectivity index (χ1) is 13.7. The Morgan fingerprint density at radius 3 is 2.46 bits per heavy atom. The van der Waals surface area contributed by atoms with Crippen LogP contribution in [-0.2, 0) is 6.61 Å². The van der Waals surface area contributed by atoms with Gasteiger partial charge in [0.05, 0.1) is 0 Å². The Bertz CT molecular complexity index is 922. The van der Waals surface area contributed by atoms with Crippen molar-refractivity contribution in [3.05, 3.63) is 71.4 Å². The van der Waals surface area contributed by atoms with Gasteiger partial charge in [0.15, 0.2) is 5.76 Å². The second kappa shape index (κ2) is 8.31. The maximum atomic E-state index is 12.7. The Kier molecular flexibility index (Phi) is 5.43. The fourth-order valence-corrected chi connectivity index (χ4v) is 3.10. The average molecular weight is 399 g/mol. The van der Waals surface area contributed by atoms with Crippen LogP contribution in [0.15, 0.2) is 59.3 Å². The van der Waals surface area contributed by atoms with Gasteiger partial charge < -0.3 is 19.0 Å². The van der Waals surface area contributed by atoms with E-state index < -0.39 is 0 Å². The molecule has 0 aliphatic carbocycles. The Labute approximate surface area is 167 Å². The summed E-state index contributed by atoms with van der Waals surface area (Å²) in [5.74, 6) is 2.17. The van der Waals surface area contributed by atoms with Crippen LogP contribution >= 0.6 is 11.6 Å². The summed E-state index contributed by atoms with van der Waals surface area (Å²) >= 11 is 5.86. The molecule has 0 radical (unpaired) electrons. The third-order valence-electron chi connectivity index (χ3n) is 4.47. The largest absolute Gasteiger partial charge is 0.486 e. The van der Waals surface area contributed by atoms with Crippen molar-refractivity contribution in [2.75, 3.05) is 31.1 Å². The average Bonchev–Trinajstić information content (AvgIpc) is 3.23. The number of halogens is 1. The molecule has 8 heteroatoms. The number of aromatic nitrogens is 2. The van der Waals surface area contributed by atoms with Crippen molar-refractivity contribution in [1.82, 2.24) is 14.9 Å². The smallest absolute Gasteiger partial charge is 0.289 e. The van der Waals surface area contributed by atoms with Crippen LogP contribution < -0.4 is 9.64 Å². The molecule has 0 spiro atoms. The Balaban J connectivity index is 1.31. The first kappa shape index (κ1) is 18.3. The minimum atomic E-state index is -0.119. The quantitative estimate of drug-likeness (QED) is 0.657. The molecular weight excluding hydrogens is 380 g/mol. The number of hydrogen-bond acceptors (Lipinski definition) is 6. The summed E-state index contributed by atoms with van der Waals surface area (Å²) in [6.45, 7) is 2.79. The summed E-state index contributed by atoms with van der Waals surface area (Å²) in [5.41, 5.74) is 0. The molecule has 2 aromatic heterocycles. The zero-order valence-corrected chi connectivity index (χ0v) is 15.9. The molecular formula is C20H19ClN4O3. The van der Waals surface area contributed by atoms with Gasteiger partial charge in [-0.15, -0.1) is 0 Å². The van der Waals surface area contributed by atoms with Gasteiger partial charge in [0.1, 0.15) is 18.1 Å².